The maximum absolute atomic E-state index is 4.92. The van der Waals surface area contributed by atoms with Crippen molar-refractivity contribution in [2.75, 3.05) is 36.8 Å². The van der Waals surface area contributed by atoms with Crippen molar-refractivity contribution in [3.8, 4) is 11.4 Å². The molecule has 34 heavy (non-hydrogen) atoms. The summed E-state index contributed by atoms with van der Waals surface area (Å²) in [6.45, 7) is 5.47. The molecule has 0 bridgehead atoms. The van der Waals surface area contributed by atoms with Gasteiger partial charge in [-0.25, -0.2) is 15.0 Å². The summed E-state index contributed by atoms with van der Waals surface area (Å²) >= 11 is 1.68. The molecule has 5 heterocycles. The minimum atomic E-state index is 0.399. The van der Waals surface area contributed by atoms with Crippen LogP contribution in [0.4, 0.5) is 17.3 Å². The monoisotopic (exact) mass is 471 g/mol. The molecule has 7 nitrogen and oxygen atoms in total. The molecule has 0 aliphatic carbocycles. The molecule has 2 aliphatic heterocycles. The maximum Gasteiger partial charge on any atom is 0.162 e. The van der Waals surface area contributed by atoms with Gasteiger partial charge in [-0.15, -0.1) is 11.3 Å². The van der Waals surface area contributed by atoms with Crippen molar-refractivity contribution in [3.05, 3.63) is 59.6 Å². The number of nitrogens with one attached hydrogen (secondary N) is 3. The van der Waals surface area contributed by atoms with E-state index >= 15 is 0 Å². The van der Waals surface area contributed by atoms with Crippen molar-refractivity contribution in [2.45, 2.75) is 31.8 Å². The predicted molar refractivity (Wildman–Crippen MR) is 140 cm³/mol. The summed E-state index contributed by atoms with van der Waals surface area (Å²) in [5.74, 6) is 2.42. The highest BCUT2D eigenvalue weighted by Gasteiger charge is 2.18. The van der Waals surface area contributed by atoms with E-state index in [2.05, 4.69) is 61.5 Å². The lowest BCUT2D eigenvalue weighted by atomic mass is 10.2. The molecule has 2 saturated heterocycles. The van der Waals surface area contributed by atoms with Crippen LogP contribution in [0.5, 0.6) is 0 Å². The summed E-state index contributed by atoms with van der Waals surface area (Å²) in [7, 11) is 0. The average molecular weight is 472 g/mol. The fraction of sp³-hybridized carbons (Fsp3) is 0.346. The summed E-state index contributed by atoms with van der Waals surface area (Å²) in [6, 6.07) is 15.1. The summed E-state index contributed by atoms with van der Waals surface area (Å²) in [4.78, 5) is 16.8. The lowest BCUT2D eigenvalue weighted by Crippen LogP contribution is -2.22. The third kappa shape index (κ3) is 4.75. The van der Waals surface area contributed by atoms with Gasteiger partial charge >= 0.3 is 0 Å². The first-order valence-corrected chi connectivity index (χ1v) is 13.0. The van der Waals surface area contributed by atoms with Gasteiger partial charge in [0.2, 0.25) is 0 Å². The van der Waals surface area contributed by atoms with Gasteiger partial charge in [-0.05, 0) is 80.2 Å². The van der Waals surface area contributed by atoms with Gasteiger partial charge in [0.15, 0.2) is 5.82 Å². The smallest absolute Gasteiger partial charge is 0.162 e. The Morgan fingerprint density at radius 2 is 1.94 bits per heavy atom. The Morgan fingerprint density at radius 3 is 2.76 bits per heavy atom. The summed E-state index contributed by atoms with van der Waals surface area (Å²) < 4.78 is 1.11. The second kappa shape index (κ2) is 9.66. The number of benzene rings is 1. The normalized spacial score (nSPS) is 18.5. The Bertz CT molecular complexity index is 1260. The third-order valence-corrected chi connectivity index (χ3v) is 7.46. The van der Waals surface area contributed by atoms with E-state index < -0.39 is 0 Å². The minimum Gasteiger partial charge on any atom is -0.365 e. The van der Waals surface area contributed by atoms with Crippen molar-refractivity contribution >= 4 is 38.9 Å². The van der Waals surface area contributed by atoms with Crippen LogP contribution in [0.2, 0.25) is 0 Å². The molecule has 0 radical (unpaired) electrons. The van der Waals surface area contributed by atoms with E-state index in [0.717, 1.165) is 59.2 Å². The molecule has 3 aromatic heterocycles. The minimum absolute atomic E-state index is 0.399. The maximum atomic E-state index is 4.92. The van der Waals surface area contributed by atoms with Crippen molar-refractivity contribution in [2.24, 2.45) is 0 Å². The zero-order valence-electron chi connectivity index (χ0n) is 19.1. The molecule has 6 rings (SSSR count). The van der Waals surface area contributed by atoms with Crippen LogP contribution in [0.3, 0.4) is 0 Å². The number of likely N-dealkylation sites (tertiary alicyclic amines) is 1. The van der Waals surface area contributed by atoms with Crippen LogP contribution in [-0.2, 0) is 6.54 Å². The fourth-order valence-corrected chi connectivity index (χ4v) is 5.52. The Balaban J connectivity index is 1.21. The van der Waals surface area contributed by atoms with Gasteiger partial charge in [-0.2, -0.15) is 0 Å². The number of pyridine rings is 1. The second-order valence-corrected chi connectivity index (χ2v) is 10.0. The fourth-order valence-electron chi connectivity index (χ4n) is 4.74. The quantitative estimate of drug-likeness (QED) is 0.355. The number of nitrogens with zero attached hydrogens (tertiary/aromatic N) is 4. The van der Waals surface area contributed by atoms with Crippen molar-refractivity contribution in [3.63, 3.8) is 0 Å². The largest absolute Gasteiger partial charge is 0.365 e. The molecule has 2 fully saturated rings. The van der Waals surface area contributed by atoms with Gasteiger partial charge in [0.25, 0.3) is 0 Å². The Kier molecular flexibility index (Phi) is 6.10. The van der Waals surface area contributed by atoms with Crippen molar-refractivity contribution < 1.29 is 0 Å². The lowest BCUT2D eigenvalue weighted by molar-refractivity contribution is 0.331. The number of hydrogen-bond donors (Lipinski definition) is 3. The van der Waals surface area contributed by atoms with Crippen LogP contribution in [0.1, 0.15) is 24.8 Å². The number of thiophene rings is 1. The molecular weight excluding hydrogens is 442 g/mol. The third-order valence-electron chi connectivity index (χ3n) is 6.55. The van der Waals surface area contributed by atoms with Crippen LogP contribution >= 0.6 is 11.3 Å². The molecule has 2 aliphatic rings. The number of fused-ring (bicyclic) bond motifs is 1. The first-order valence-electron chi connectivity index (χ1n) is 12.1. The number of hydrogen-bond acceptors (Lipinski definition) is 8. The van der Waals surface area contributed by atoms with Gasteiger partial charge in [-0.1, -0.05) is 12.1 Å². The van der Waals surface area contributed by atoms with E-state index in [0.29, 0.717) is 11.9 Å². The molecule has 0 unspecified atom stereocenters. The highest BCUT2D eigenvalue weighted by molar-refractivity contribution is 7.17. The van der Waals surface area contributed by atoms with E-state index in [1.54, 1.807) is 11.3 Å². The molecule has 0 spiro atoms. The summed E-state index contributed by atoms with van der Waals surface area (Å²) in [6.07, 6.45) is 5.56. The molecule has 174 valence electrons. The van der Waals surface area contributed by atoms with E-state index in [4.69, 9.17) is 9.97 Å². The van der Waals surface area contributed by atoms with Gasteiger partial charge in [0, 0.05) is 36.6 Å². The Hall–Kier alpha value is -3.07. The first-order chi connectivity index (χ1) is 16.8. The molecule has 3 N–H and O–H groups in total. The number of rotatable bonds is 7. The second-order valence-electron chi connectivity index (χ2n) is 9.10. The number of anilines is 3. The van der Waals surface area contributed by atoms with E-state index in [-0.39, 0.29) is 0 Å². The Labute approximate surface area is 203 Å². The highest BCUT2D eigenvalue weighted by atomic mass is 32.1. The Morgan fingerprint density at radius 1 is 1.06 bits per heavy atom. The van der Waals surface area contributed by atoms with Gasteiger partial charge in [-0.3, -0.25) is 4.90 Å². The standard InChI is InChI=1S/C26H29N7S/c1-2-13-33(12-1)17-18-3-5-20(6-4-18)29-23-15-19(7-11-28-23)25-31-22-9-14-34-24(22)26(32-25)30-21-8-10-27-16-21/h3-7,9,11,14-15,21,27H,1-2,8,10,12-13,16-17H2,(H,28,29)(H,30,31,32)/t21-/m1/s1. The predicted octanol–water partition coefficient (Wildman–Crippen LogP) is 4.87. The van der Waals surface area contributed by atoms with Gasteiger partial charge in [0.05, 0.1) is 10.2 Å². The van der Waals surface area contributed by atoms with E-state index in [1.807, 2.05) is 18.3 Å². The van der Waals surface area contributed by atoms with Crippen LogP contribution < -0.4 is 16.0 Å². The summed E-state index contributed by atoms with van der Waals surface area (Å²) in [5, 5.41) is 12.6. The zero-order chi connectivity index (χ0) is 22.7. The van der Waals surface area contributed by atoms with Gasteiger partial charge in [0.1, 0.15) is 11.6 Å². The van der Waals surface area contributed by atoms with Crippen molar-refractivity contribution in [1.82, 2.24) is 25.2 Å². The molecule has 0 amide bonds. The molecule has 4 aromatic rings. The molecule has 8 heteroatoms. The topological polar surface area (TPSA) is 78.0 Å². The SMILES string of the molecule is c1cc(-c2nc(N[C@@H]3CCNC3)c3sccc3n2)cc(Nc2ccc(CN3CCCC3)cc2)n1. The average Bonchev–Trinajstić information content (AvgIpc) is 3.64. The van der Waals surface area contributed by atoms with E-state index in [9.17, 15) is 0 Å². The number of aromatic nitrogens is 3. The first kappa shape index (κ1) is 21.5. The highest BCUT2D eigenvalue weighted by Crippen LogP contribution is 2.30. The van der Waals surface area contributed by atoms with E-state index in [1.165, 1.54) is 31.5 Å². The lowest BCUT2D eigenvalue weighted by Gasteiger charge is -2.15. The zero-order valence-corrected chi connectivity index (χ0v) is 19.9. The van der Waals surface area contributed by atoms with Crippen LogP contribution in [0, 0.1) is 0 Å². The molecule has 1 aromatic carbocycles. The van der Waals surface area contributed by atoms with Crippen LogP contribution in [-0.4, -0.2) is 52.1 Å². The molecule has 1 atom stereocenters. The summed E-state index contributed by atoms with van der Waals surface area (Å²) in [5.41, 5.74) is 4.30. The van der Waals surface area contributed by atoms with Crippen molar-refractivity contribution in [1.29, 1.82) is 0 Å². The molecular formula is C26H29N7S. The van der Waals surface area contributed by atoms with Gasteiger partial charge < -0.3 is 16.0 Å². The van der Waals surface area contributed by atoms with Crippen LogP contribution in [0.25, 0.3) is 21.6 Å². The molecule has 0 saturated carbocycles. The van der Waals surface area contributed by atoms with Crippen LogP contribution in [0.15, 0.2) is 54.0 Å².